The van der Waals surface area contributed by atoms with E-state index in [0.717, 1.165) is 56.7 Å². The molecule has 1 saturated carbocycles. The Morgan fingerprint density at radius 2 is 2.00 bits per heavy atom. The molecule has 0 amide bonds. The summed E-state index contributed by atoms with van der Waals surface area (Å²) in [6.07, 6.45) is 7.49. The summed E-state index contributed by atoms with van der Waals surface area (Å²) in [6, 6.07) is 8.18. The number of piperidine rings is 1. The van der Waals surface area contributed by atoms with Crippen LogP contribution in [0, 0.1) is 11.3 Å². The van der Waals surface area contributed by atoms with Crippen LogP contribution in [0.5, 0.6) is 0 Å². The minimum Gasteiger partial charge on any atom is -0.385 e. The van der Waals surface area contributed by atoms with Crippen LogP contribution in [-0.2, 0) is 11.3 Å². The summed E-state index contributed by atoms with van der Waals surface area (Å²) in [7, 11) is 3.66. The van der Waals surface area contributed by atoms with Gasteiger partial charge in [-0.2, -0.15) is 0 Å². The molecule has 2 N–H and O–H groups in total. The molecule has 0 bridgehead atoms. The molecule has 6 heteroatoms. The minimum absolute atomic E-state index is 0.400. The number of likely N-dealkylation sites (tertiary alicyclic amines) is 1. The van der Waals surface area contributed by atoms with E-state index in [0.29, 0.717) is 11.3 Å². The molecule has 1 saturated heterocycles. The van der Waals surface area contributed by atoms with E-state index >= 15 is 0 Å². The Bertz CT molecular complexity index is 654. The fraction of sp³-hybridized carbons (Fsp3) is 0.696. The average molecular weight is 421 g/mol. The van der Waals surface area contributed by atoms with Crippen molar-refractivity contribution in [3.05, 3.63) is 34.9 Å². The Morgan fingerprint density at radius 1 is 1.24 bits per heavy atom. The first-order chi connectivity index (χ1) is 14.1. The van der Waals surface area contributed by atoms with Gasteiger partial charge in [-0.05, 0) is 68.2 Å². The van der Waals surface area contributed by atoms with Crippen molar-refractivity contribution in [3.63, 3.8) is 0 Å². The average Bonchev–Trinajstić information content (AvgIpc) is 2.72. The number of halogens is 1. The molecular weight excluding hydrogens is 384 g/mol. The van der Waals surface area contributed by atoms with Crippen LogP contribution in [0.3, 0.4) is 0 Å². The number of nitrogens with one attached hydrogen (secondary N) is 2. The smallest absolute Gasteiger partial charge is 0.191 e. The summed E-state index contributed by atoms with van der Waals surface area (Å²) in [4.78, 5) is 6.95. The molecule has 1 aliphatic carbocycles. The zero-order chi connectivity index (χ0) is 20.5. The third-order valence-electron chi connectivity index (χ3n) is 6.72. The molecule has 1 aromatic rings. The number of nitrogens with zero attached hydrogens (tertiary/aromatic N) is 2. The third-order valence-corrected chi connectivity index (χ3v) is 7.09. The van der Waals surface area contributed by atoms with Crippen LogP contribution in [0.1, 0.15) is 44.1 Å². The van der Waals surface area contributed by atoms with Crippen LogP contribution in [0.2, 0.25) is 5.02 Å². The highest BCUT2D eigenvalue weighted by Crippen LogP contribution is 2.43. The summed E-state index contributed by atoms with van der Waals surface area (Å²) in [5.41, 5.74) is 1.63. The van der Waals surface area contributed by atoms with Crippen molar-refractivity contribution in [3.8, 4) is 0 Å². The number of rotatable bonds is 9. The van der Waals surface area contributed by atoms with Crippen LogP contribution in [0.4, 0.5) is 0 Å². The lowest BCUT2D eigenvalue weighted by atomic mass is 9.67. The number of methoxy groups -OCH3 is 1. The minimum atomic E-state index is 0.400. The third kappa shape index (κ3) is 6.59. The molecule has 0 unspecified atom stereocenters. The lowest BCUT2D eigenvalue weighted by Gasteiger charge is -2.42. The summed E-state index contributed by atoms with van der Waals surface area (Å²) >= 11 is 6.31. The maximum Gasteiger partial charge on any atom is 0.191 e. The summed E-state index contributed by atoms with van der Waals surface area (Å²) in [6.45, 7) is 6.04. The van der Waals surface area contributed by atoms with Crippen LogP contribution >= 0.6 is 11.6 Å². The highest BCUT2D eigenvalue weighted by atomic mass is 35.5. The largest absolute Gasteiger partial charge is 0.385 e. The topological polar surface area (TPSA) is 48.9 Å². The molecule has 2 aliphatic rings. The standard InChI is InChI=1S/C23H37ClN4O/c1-25-22(27-18-23(10-5-11-23)12-15-29-2)26-16-19-8-13-28(14-9-19)17-20-6-3-4-7-21(20)24/h3-4,6-7,19H,5,8-18H2,1-2H3,(H2,25,26,27). The number of guanidine groups is 1. The van der Waals surface area contributed by atoms with E-state index in [2.05, 4.69) is 32.7 Å². The highest BCUT2D eigenvalue weighted by molar-refractivity contribution is 6.31. The van der Waals surface area contributed by atoms with Gasteiger partial charge in [-0.15, -0.1) is 0 Å². The fourth-order valence-electron chi connectivity index (χ4n) is 4.46. The maximum atomic E-state index is 6.31. The van der Waals surface area contributed by atoms with Gasteiger partial charge in [0.15, 0.2) is 5.96 Å². The quantitative estimate of drug-likeness (QED) is 0.469. The first-order valence-electron chi connectivity index (χ1n) is 11.0. The van der Waals surface area contributed by atoms with Crippen molar-refractivity contribution in [2.24, 2.45) is 16.3 Å². The SMILES string of the molecule is CN=C(NCC1CCN(Cc2ccccc2Cl)CC1)NCC1(CCOC)CCC1. The molecular formula is C23H37ClN4O. The first-order valence-corrected chi connectivity index (χ1v) is 11.4. The van der Waals surface area contributed by atoms with Gasteiger partial charge in [0.2, 0.25) is 0 Å². The molecule has 162 valence electrons. The van der Waals surface area contributed by atoms with Crippen molar-refractivity contribution in [1.29, 1.82) is 0 Å². The van der Waals surface area contributed by atoms with Crippen LogP contribution in [-0.4, -0.2) is 57.8 Å². The fourth-order valence-corrected chi connectivity index (χ4v) is 4.66. The Morgan fingerprint density at radius 3 is 2.62 bits per heavy atom. The summed E-state index contributed by atoms with van der Waals surface area (Å²) in [5, 5.41) is 8.00. The zero-order valence-corrected chi connectivity index (χ0v) is 18.8. The zero-order valence-electron chi connectivity index (χ0n) is 18.1. The molecule has 5 nitrogen and oxygen atoms in total. The van der Waals surface area contributed by atoms with Gasteiger partial charge in [0.1, 0.15) is 0 Å². The Labute approximate surface area is 181 Å². The van der Waals surface area contributed by atoms with Gasteiger partial charge < -0.3 is 15.4 Å². The van der Waals surface area contributed by atoms with E-state index in [-0.39, 0.29) is 0 Å². The summed E-state index contributed by atoms with van der Waals surface area (Å²) in [5.74, 6) is 1.63. The van der Waals surface area contributed by atoms with Crippen molar-refractivity contribution in [2.75, 3.05) is 46.9 Å². The van der Waals surface area contributed by atoms with Gasteiger partial charge in [-0.25, -0.2) is 0 Å². The first kappa shape index (κ1) is 22.4. The van der Waals surface area contributed by atoms with Gasteiger partial charge in [0.05, 0.1) is 0 Å². The number of hydrogen-bond acceptors (Lipinski definition) is 3. The number of ether oxygens (including phenoxy) is 1. The highest BCUT2D eigenvalue weighted by Gasteiger charge is 2.36. The molecule has 29 heavy (non-hydrogen) atoms. The van der Waals surface area contributed by atoms with Gasteiger partial charge in [0, 0.05) is 45.4 Å². The summed E-state index contributed by atoms with van der Waals surface area (Å²) < 4.78 is 5.30. The molecule has 0 spiro atoms. The Kier molecular flexibility index (Phi) is 8.64. The van der Waals surface area contributed by atoms with Crippen LogP contribution in [0.15, 0.2) is 29.3 Å². The number of benzene rings is 1. The lowest BCUT2D eigenvalue weighted by molar-refractivity contribution is 0.0732. The van der Waals surface area contributed by atoms with E-state index in [9.17, 15) is 0 Å². The molecule has 0 atom stereocenters. The lowest BCUT2D eigenvalue weighted by Crippen LogP contribution is -2.48. The van der Waals surface area contributed by atoms with Gasteiger partial charge in [-0.3, -0.25) is 9.89 Å². The number of aliphatic imine (C=N–C) groups is 1. The molecule has 1 aliphatic heterocycles. The molecule has 0 aromatic heterocycles. The molecule has 2 fully saturated rings. The van der Waals surface area contributed by atoms with E-state index in [1.165, 1.54) is 37.7 Å². The van der Waals surface area contributed by atoms with Crippen molar-refractivity contribution < 1.29 is 4.74 Å². The van der Waals surface area contributed by atoms with Crippen LogP contribution in [0.25, 0.3) is 0 Å². The predicted molar refractivity (Wildman–Crippen MR) is 122 cm³/mol. The van der Waals surface area contributed by atoms with Gasteiger partial charge in [0.25, 0.3) is 0 Å². The molecule has 1 aromatic carbocycles. The van der Waals surface area contributed by atoms with Gasteiger partial charge >= 0.3 is 0 Å². The van der Waals surface area contributed by atoms with E-state index in [1.54, 1.807) is 7.11 Å². The van der Waals surface area contributed by atoms with Crippen molar-refractivity contribution >= 4 is 17.6 Å². The normalized spacial score (nSPS) is 20.3. The van der Waals surface area contributed by atoms with E-state index in [4.69, 9.17) is 16.3 Å². The van der Waals surface area contributed by atoms with Crippen LogP contribution < -0.4 is 10.6 Å². The van der Waals surface area contributed by atoms with Crippen molar-refractivity contribution in [1.82, 2.24) is 15.5 Å². The second kappa shape index (κ2) is 11.2. The number of hydrogen-bond donors (Lipinski definition) is 2. The van der Waals surface area contributed by atoms with Gasteiger partial charge in [-0.1, -0.05) is 36.2 Å². The second-order valence-corrected chi connectivity index (χ2v) is 9.12. The van der Waals surface area contributed by atoms with E-state index < -0.39 is 0 Å². The Hall–Kier alpha value is -1.30. The molecule has 0 radical (unpaired) electrons. The Balaban J connectivity index is 1.36. The predicted octanol–water partition coefficient (Wildman–Crippen LogP) is 3.92. The maximum absolute atomic E-state index is 6.31. The molecule has 3 rings (SSSR count). The monoisotopic (exact) mass is 420 g/mol. The molecule has 1 heterocycles. The van der Waals surface area contributed by atoms with E-state index in [1.807, 2.05) is 19.2 Å². The van der Waals surface area contributed by atoms with Crippen molar-refractivity contribution in [2.45, 2.75) is 45.1 Å². The second-order valence-electron chi connectivity index (χ2n) is 8.71.